The van der Waals surface area contributed by atoms with Crippen LogP contribution in [0, 0.1) is 5.41 Å². The number of nitrogens with one attached hydrogen (secondary N) is 1. The monoisotopic (exact) mass is 281 g/mol. The Morgan fingerprint density at radius 2 is 2.00 bits per heavy atom. The van der Waals surface area contributed by atoms with Gasteiger partial charge in [-0.25, -0.2) is 0 Å². The van der Waals surface area contributed by atoms with E-state index >= 15 is 0 Å². The van der Waals surface area contributed by atoms with Crippen LogP contribution in [-0.2, 0) is 9.47 Å². The Morgan fingerprint density at radius 3 is 2.70 bits per heavy atom. The van der Waals surface area contributed by atoms with Gasteiger partial charge >= 0.3 is 0 Å². The van der Waals surface area contributed by atoms with Gasteiger partial charge in [0.25, 0.3) is 0 Å². The molecule has 0 aromatic rings. The van der Waals surface area contributed by atoms with Gasteiger partial charge in [-0.2, -0.15) is 0 Å². The molecular weight excluding hydrogens is 250 g/mol. The molecule has 0 bridgehead atoms. The third-order valence-corrected chi connectivity index (χ3v) is 5.86. The second-order valence-electron chi connectivity index (χ2n) is 7.10. The van der Waals surface area contributed by atoms with Gasteiger partial charge in [0.2, 0.25) is 0 Å². The maximum atomic E-state index is 6.05. The minimum Gasteiger partial charge on any atom is -0.378 e. The van der Waals surface area contributed by atoms with Crippen molar-refractivity contribution < 1.29 is 9.47 Å². The maximum Gasteiger partial charge on any atom is 0.0661 e. The summed E-state index contributed by atoms with van der Waals surface area (Å²) in [6.07, 6.45) is 11.5. The minimum atomic E-state index is 0.423. The van der Waals surface area contributed by atoms with Gasteiger partial charge in [-0.15, -0.1) is 0 Å². The van der Waals surface area contributed by atoms with Crippen LogP contribution in [0.25, 0.3) is 0 Å². The van der Waals surface area contributed by atoms with Gasteiger partial charge in [-0.1, -0.05) is 19.3 Å². The van der Waals surface area contributed by atoms with E-state index in [4.69, 9.17) is 9.47 Å². The van der Waals surface area contributed by atoms with Crippen molar-refractivity contribution in [1.82, 2.24) is 5.32 Å². The average molecular weight is 281 g/mol. The fourth-order valence-electron chi connectivity index (χ4n) is 4.73. The molecule has 2 aliphatic carbocycles. The molecule has 1 spiro atoms. The van der Waals surface area contributed by atoms with Crippen molar-refractivity contribution in [3.05, 3.63) is 0 Å². The molecule has 3 aliphatic rings. The summed E-state index contributed by atoms with van der Waals surface area (Å²) in [7, 11) is 0. The molecule has 4 atom stereocenters. The van der Waals surface area contributed by atoms with Gasteiger partial charge in [0.1, 0.15) is 0 Å². The summed E-state index contributed by atoms with van der Waals surface area (Å²) in [6, 6.07) is 1.35. The van der Waals surface area contributed by atoms with E-state index in [0.717, 1.165) is 13.2 Å². The van der Waals surface area contributed by atoms with E-state index in [2.05, 4.69) is 19.2 Å². The van der Waals surface area contributed by atoms with Crippen molar-refractivity contribution in [2.75, 3.05) is 13.2 Å². The third-order valence-electron chi connectivity index (χ3n) is 5.86. The van der Waals surface area contributed by atoms with E-state index < -0.39 is 0 Å². The van der Waals surface area contributed by atoms with Crippen molar-refractivity contribution in [3.63, 3.8) is 0 Å². The van der Waals surface area contributed by atoms with E-state index in [9.17, 15) is 0 Å². The zero-order valence-electron chi connectivity index (χ0n) is 13.2. The molecule has 0 amide bonds. The van der Waals surface area contributed by atoms with E-state index in [1.165, 1.54) is 51.4 Å². The molecule has 116 valence electrons. The van der Waals surface area contributed by atoms with Gasteiger partial charge in [-0.3, -0.25) is 0 Å². The third kappa shape index (κ3) is 2.77. The first-order valence-corrected chi connectivity index (χ1v) is 8.74. The van der Waals surface area contributed by atoms with Crippen LogP contribution in [0.3, 0.4) is 0 Å². The molecule has 2 saturated carbocycles. The van der Waals surface area contributed by atoms with Gasteiger partial charge in [0.05, 0.1) is 12.2 Å². The molecule has 1 N–H and O–H groups in total. The van der Waals surface area contributed by atoms with Crippen molar-refractivity contribution in [3.8, 4) is 0 Å². The van der Waals surface area contributed by atoms with Crippen molar-refractivity contribution in [1.29, 1.82) is 0 Å². The average Bonchev–Trinajstić information content (AvgIpc) is 2.47. The quantitative estimate of drug-likeness (QED) is 0.858. The molecule has 0 aromatic carbocycles. The molecule has 4 unspecified atom stereocenters. The predicted octanol–water partition coefficient (Wildman–Crippen LogP) is 3.27. The van der Waals surface area contributed by atoms with Crippen LogP contribution >= 0.6 is 0 Å². The second-order valence-corrected chi connectivity index (χ2v) is 7.10. The molecule has 0 aromatic heterocycles. The van der Waals surface area contributed by atoms with Gasteiger partial charge in [0, 0.05) is 30.7 Å². The highest BCUT2D eigenvalue weighted by atomic mass is 16.5. The normalized spacial score (nSPS) is 40.5. The van der Waals surface area contributed by atoms with Crippen LogP contribution in [0.1, 0.15) is 65.2 Å². The molecule has 3 rings (SSSR count). The Morgan fingerprint density at radius 1 is 1.20 bits per heavy atom. The van der Waals surface area contributed by atoms with Crippen LogP contribution in [0.15, 0.2) is 0 Å². The topological polar surface area (TPSA) is 30.5 Å². The molecule has 1 heterocycles. The molecule has 3 heteroatoms. The lowest BCUT2D eigenvalue weighted by atomic mass is 9.55. The first kappa shape index (κ1) is 14.8. The van der Waals surface area contributed by atoms with Gasteiger partial charge in [-0.05, 0) is 46.0 Å². The second kappa shape index (κ2) is 6.33. The van der Waals surface area contributed by atoms with Crippen molar-refractivity contribution >= 4 is 0 Å². The fraction of sp³-hybridized carbons (Fsp3) is 1.00. The standard InChI is InChI=1S/C17H31NO2/c1-3-19-16-12-15(17(16)8-5-4-6-9-17)18-14-7-10-20-13(2)11-14/h13-16,18H,3-12H2,1-2H3. The first-order valence-electron chi connectivity index (χ1n) is 8.74. The summed E-state index contributed by atoms with van der Waals surface area (Å²) < 4.78 is 11.7. The molecule has 1 saturated heterocycles. The SMILES string of the molecule is CCOC1CC(NC2CCOC(C)C2)C12CCCCC2. The lowest BCUT2D eigenvalue weighted by molar-refractivity contribution is -0.154. The molecule has 1 aliphatic heterocycles. The van der Waals surface area contributed by atoms with Crippen LogP contribution in [0.4, 0.5) is 0 Å². The largest absolute Gasteiger partial charge is 0.378 e. The zero-order valence-corrected chi connectivity index (χ0v) is 13.2. The Labute approximate surface area is 123 Å². The molecule has 3 nitrogen and oxygen atoms in total. The van der Waals surface area contributed by atoms with Crippen LogP contribution < -0.4 is 5.32 Å². The van der Waals surface area contributed by atoms with Crippen LogP contribution in [-0.4, -0.2) is 37.5 Å². The number of ether oxygens (including phenoxy) is 2. The Bertz CT molecular complexity index is 314. The zero-order chi connectivity index (χ0) is 14.0. The Balaban J connectivity index is 1.60. The van der Waals surface area contributed by atoms with Crippen molar-refractivity contribution in [2.24, 2.45) is 5.41 Å². The van der Waals surface area contributed by atoms with Gasteiger partial charge in [0.15, 0.2) is 0 Å². The van der Waals surface area contributed by atoms with E-state index in [1.54, 1.807) is 0 Å². The summed E-state index contributed by atoms with van der Waals surface area (Å²) in [5.41, 5.74) is 0.454. The maximum absolute atomic E-state index is 6.05. The summed E-state index contributed by atoms with van der Waals surface area (Å²) in [4.78, 5) is 0. The van der Waals surface area contributed by atoms with E-state index in [1.807, 2.05) is 0 Å². The minimum absolute atomic E-state index is 0.423. The highest BCUT2D eigenvalue weighted by molar-refractivity contribution is 5.09. The number of rotatable bonds is 4. The van der Waals surface area contributed by atoms with Crippen LogP contribution in [0.5, 0.6) is 0 Å². The van der Waals surface area contributed by atoms with E-state index in [-0.39, 0.29) is 0 Å². The highest BCUT2D eigenvalue weighted by Gasteiger charge is 2.55. The first-order chi connectivity index (χ1) is 9.74. The van der Waals surface area contributed by atoms with Crippen LogP contribution in [0.2, 0.25) is 0 Å². The fourth-order valence-corrected chi connectivity index (χ4v) is 4.73. The van der Waals surface area contributed by atoms with E-state index in [0.29, 0.717) is 29.7 Å². The molecule has 0 radical (unpaired) electrons. The summed E-state index contributed by atoms with van der Waals surface area (Å²) in [6.45, 7) is 6.13. The highest BCUT2D eigenvalue weighted by Crippen LogP contribution is 2.53. The lowest BCUT2D eigenvalue weighted by Gasteiger charge is -2.59. The molecular formula is C17H31NO2. The Hall–Kier alpha value is -0.120. The summed E-state index contributed by atoms with van der Waals surface area (Å²) in [5.74, 6) is 0. The molecule has 20 heavy (non-hydrogen) atoms. The Kier molecular flexibility index (Phi) is 4.68. The number of hydrogen-bond acceptors (Lipinski definition) is 3. The summed E-state index contributed by atoms with van der Waals surface area (Å²) in [5, 5.41) is 3.97. The van der Waals surface area contributed by atoms with Crippen molar-refractivity contribution in [2.45, 2.75) is 89.5 Å². The predicted molar refractivity (Wildman–Crippen MR) is 80.9 cm³/mol. The number of hydrogen-bond donors (Lipinski definition) is 1. The van der Waals surface area contributed by atoms with Gasteiger partial charge < -0.3 is 14.8 Å². The summed E-state index contributed by atoms with van der Waals surface area (Å²) >= 11 is 0. The molecule has 3 fully saturated rings. The smallest absolute Gasteiger partial charge is 0.0661 e. The lowest BCUT2D eigenvalue weighted by Crippen LogP contribution is -2.66.